The molecule has 0 aliphatic heterocycles. The third kappa shape index (κ3) is 3.21. The van der Waals surface area contributed by atoms with Crippen molar-refractivity contribution in [1.82, 2.24) is 19.6 Å². The van der Waals surface area contributed by atoms with Gasteiger partial charge < -0.3 is 5.32 Å². The summed E-state index contributed by atoms with van der Waals surface area (Å²) in [4.78, 5) is 0. The van der Waals surface area contributed by atoms with Crippen LogP contribution in [-0.4, -0.2) is 19.6 Å². The van der Waals surface area contributed by atoms with Gasteiger partial charge >= 0.3 is 0 Å². The van der Waals surface area contributed by atoms with Gasteiger partial charge in [-0.3, -0.25) is 9.36 Å². The van der Waals surface area contributed by atoms with E-state index in [4.69, 9.17) is 0 Å². The smallest absolute Gasteiger partial charge is 0.148 e. The van der Waals surface area contributed by atoms with E-state index in [2.05, 4.69) is 54.0 Å². The third-order valence-electron chi connectivity index (χ3n) is 3.86. The SMILES string of the molecule is CC[C@H](C)n1ccc(NCc2ccnn2[C@@H](C)CC)n1. The molecule has 110 valence electrons. The van der Waals surface area contributed by atoms with Crippen molar-refractivity contribution in [2.24, 2.45) is 0 Å². The minimum absolute atomic E-state index is 0.430. The van der Waals surface area contributed by atoms with Crippen LogP contribution in [0, 0.1) is 0 Å². The fourth-order valence-electron chi connectivity index (χ4n) is 2.10. The molecule has 0 aromatic carbocycles. The summed E-state index contributed by atoms with van der Waals surface area (Å²) in [6.07, 6.45) is 6.06. The predicted octanol–water partition coefficient (Wildman–Crippen LogP) is 3.63. The standard InChI is InChI=1S/C15H25N5/c1-5-12(3)19-10-8-15(18-19)16-11-14-7-9-17-20(14)13(4)6-2/h7-10,12-13H,5-6,11H2,1-4H3,(H,16,18)/t12-,13-/m0/s1. The van der Waals surface area contributed by atoms with Crippen LogP contribution in [0.25, 0.3) is 0 Å². The van der Waals surface area contributed by atoms with Crippen molar-refractivity contribution in [2.75, 3.05) is 5.32 Å². The molecule has 0 unspecified atom stereocenters. The highest BCUT2D eigenvalue weighted by Crippen LogP contribution is 2.15. The van der Waals surface area contributed by atoms with Crippen molar-refractivity contribution >= 4 is 5.82 Å². The van der Waals surface area contributed by atoms with Crippen LogP contribution in [0.1, 0.15) is 58.3 Å². The molecule has 0 spiro atoms. The van der Waals surface area contributed by atoms with Crippen LogP contribution in [0.2, 0.25) is 0 Å². The molecule has 5 heteroatoms. The minimum Gasteiger partial charge on any atom is -0.363 e. The maximum Gasteiger partial charge on any atom is 0.148 e. The van der Waals surface area contributed by atoms with E-state index in [1.807, 2.05) is 23.1 Å². The quantitative estimate of drug-likeness (QED) is 0.839. The van der Waals surface area contributed by atoms with Gasteiger partial charge in [-0.1, -0.05) is 13.8 Å². The lowest BCUT2D eigenvalue weighted by Gasteiger charge is -2.14. The van der Waals surface area contributed by atoms with E-state index in [0.717, 1.165) is 25.2 Å². The highest BCUT2D eigenvalue weighted by Gasteiger charge is 2.09. The minimum atomic E-state index is 0.430. The first-order valence-corrected chi connectivity index (χ1v) is 7.47. The summed E-state index contributed by atoms with van der Waals surface area (Å²) in [5.41, 5.74) is 1.19. The summed E-state index contributed by atoms with van der Waals surface area (Å²) in [6.45, 7) is 9.46. The second kappa shape index (κ2) is 6.59. The first-order chi connectivity index (χ1) is 9.65. The lowest BCUT2D eigenvalue weighted by molar-refractivity contribution is 0.462. The van der Waals surface area contributed by atoms with E-state index < -0.39 is 0 Å². The van der Waals surface area contributed by atoms with E-state index in [0.29, 0.717) is 12.1 Å². The molecule has 0 bridgehead atoms. The van der Waals surface area contributed by atoms with Crippen molar-refractivity contribution < 1.29 is 0 Å². The summed E-state index contributed by atoms with van der Waals surface area (Å²) < 4.78 is 4.09. The number of anilines is 1. The molecule has 1 N–H and O–H groups in total. The molecule has 0 saturated heterocycles. The monoisotopic (exact) mass is 275 g/mol. The number of nitrogens with zero attached hydrogens (tertiary/aromatic N) is 4. The fraction of sp³-hybridized carbons (Fsp3) is 0.600. The highest BCUT2D eigenvalue weighted by atomic mass is 15.3. The van der Waals surface area contributed by atoms with Crippen molar-refractivity contribution in [3.8, 4) is 0 Å². The first-order valence-electron chi connectivity index (χ1n) is 7.47. The van der Waals surface area contributed by atoms with Gasteiger partial charge in [0.2, 0.25) is 0 Å². The molecular weight excluding hydrogens is 250 g/mol. The average Bonchev–Trinajstić information content (AvgIpc) is 3.12. The predicted molar refractivity (Wildman–Crippen MR) is 81.8 cm³/mol. The zero-order valence-corrected chi connectivity index (χ0v) is 12.9. The van der Waals surface area contributed by atoms with Crippen LogP contribution >= 0.6 is 0 Å². The Kier molecular flexibility index (Phi) is 4.82. The molecule has 2 heterocycles. The van der Waals surface area contributed by atoms with Crippen molar-refractivity contribution in [1.29, 1.82) is 0 Å². The number of aromatic nitrogens is 4. The largest absolute Gasteiger partial charge is 0.363 e. The maximum absolute atomic E-state index is 4.55. The molecular formula is C15H25N5. The number of hydrogen-bond donors (Lipinski definition) is 1. The van der Waals surface area contributed by atoms with Gasteiger partial charge in [0.1, 0.15) is 5.82 Å². The van der Waals surface area contributed by atoms with Gasteiger partial charge in [0.25, 0.3) is 0 Å². The molecule has 0 aliphatic rings. The van der Waals surface area contributed by atoms with E-state index in [1.165, 1.54) is 5.69 Å². The lowest BCUT2D eigenvalue weighted by Crippen LogP contribution is -2.13. The number of hydrogen-bond acceptors (Lipinski definition) is 3. The van der Waals surface area contributed by atoms with Crippen LogP contribution in [-0.2, 0) is 6.54 Å². The van der Waals surface area contributed by atoms with Gasteiger partial charge in [-0.05, 0) is 32.8 Å². The van der Waals surface area contributed by atoms with Gasteiger partial charge in [-0.25, -0.2) is 0 Å². The van der Waals surface area contributed by atoms with Gasteiger partial charge in [0, 0.05) is 30.5 Å². The van der Waals surface area contributed by atoms with E-state index in [-0.39, 0.29) is 0 Å². The second-order valence-corrected chi connectivity index (χ2v) is 5.32. The Balaban J connectivity index is 1.99. The maximum atomic E-state index is 4.55. The Morgan fingerprint density at radius 3 is 2.60 bits per heavy atom. The molecule has 0 aliphatic carbocycles. The van der Waals surface area contributed by atoms with E-state index in [1.54, 1.807) is 0 Å². The molecule has 2 aromatic heterocycles. The molecule has 5 nitrogen and oxygen atoms in total. The van der Waals surface area contributed by atoms with Crippen molar-refractivity contribution in [3.63, 3.8) is 0 Å². The van der Waals surface area contributed by atoms with Crippen LogP contribution in [0.15, 0.2) is 24.5 Å². The third-order valence-corrected chi connectivity index (χ3v) is 3.86. The molecule has 0 fully saturated rings. The normalized spacial score (nSPS) is 14.2. The Hall–Kier alpha value is -1.78. The fourth-order valence-corrected chi connectivity index (χ4v) is 2.10. The molecule has 2 aromatic rings. The highest BCUT2D eigenvalue weighted by molar-refractivity contribution is 5.33. The first kappa shape index (κ1) is 14.6. The van der Waals surface area contributed by atoms with E-state index in [9.17, 15) is 0 Å². The number of rotatable bonds is 7. The Labute approximate surface area is 121 Å². The van der Waals surface area contributed by atoms with Gasteiger partial charge in [0.15, 0.2) is 0 Å². The molecule has 0 saturated carbocycles. The molecule has 20 heavy (non-hydrogen) atoms. The summed E-state index contributed by atoms with van der Waals surface area (Å²) >= 11 is 0. The van der Waals surface area contributed by atoms with Crippen LogP contribution in [0.4, 0.5) is 5.82 Å². The van der Waals surface area contributed by atoms with Crippen molar-refractivity contribution in [2.45, 2.75) is 59.2 Å². The van der Waals surface area contributed by atoms with E-state index >= 15 is 0 Å². The zero-order valence-electron chi connectivity index (χ0n) is 12.9. The Bertz CT molecular complexity index is 528. The summed E-state index contributed by atoms with van der Waals surface area (Å²) in [7, 11) is 0. The van der Waals surface area contributed by atoms with Gasteiger partial charge in [-0.15, -0.1) is 0 Å². The second-order valence-electron chi connectivity index (χ2n) is 5.32. The average molecular weight is 275 g/mol. The molecule has 0 radical (unpaired) electrons. The Morgan fingerprint density at radius 1 is 1.15 bits per heavy atom. The topological polar surface area (TPSA) is 47.7 Å². The van der Waals surface area contributed by atoms with Gasteiger partial charge in [0.05, 0.1) is 12.2 Å². The molecule has 2 atom stereocenters. The molecule has 2 rings (SSSR count). The summed E-state index contributed by atoms with van der Waals surface area (Å²) in [5.74, 6) is 0.919. The number of nitrogens with one attached hydrogen (secondary N) is 1. The van der Waals surface area contributed by atoms with Gasteiger partial charge in [-0.2, -0.15) is 10.2 Å². The zero-order chi connectivity index (χ0) is 14.5. The summed E-state index contributed by atoms with van der Waals surface area (Å²) in [5, 5.41) is 12.3. The van der Waals surface area contributed by atoms with Crippen LogP contribution in [0.3, 0.4) is 0 Å². The summed E-state index contributed by atoms with van der Waals surface area (Å²) in [6, 6.07) is 4.96. The molecule has 0 amide bonds. The Morgan fingerprint density at radius 2 is 1.90 bits per heavy atom. The van der Waals surface area contributed by atoms with Crippen LogP contribution < -0.4 is 5.32 Å². The van der Waals surface area contributed by atoms with Crippen LogP contribution in [0.5, 0.6) is 0 Å². The van der Waals surface area contributed by atoms with Crippen molar-refractivity contribution in [3.05, 3.63) is 30.2 Å². The lowest BCUT2D eigenvalue weighted by atomic mass is 10.2.